The number of nitrogen functional groups attached to an aromatic ring is 1. The van der Waals surface area contributed by atoms with Gasteiger partial charge in [0.05, 0.1) is 24.8 Å². The van der Waals surface area contributed by atoms with Crippen LogP contribution in [0.4, 0.5) is 11.5 Å². The molecule has 1 fully saturated rings. The monoisotopic (exact) mass is 377 g/mol. The van der Waals surface area contributed by atoms with Crippen LogP contribution in [0.5, 0.6) is 5.75 Å². The standard InChI is InChI=1S/C19H19N7O2/c20-7-5-12-9-23-18-16(17(21)25-26(18)11-12)19(27)24-14-10-22-8-6-15(14)28-13-3-1-2-4-13/h6,8-11,13H,1-5H2,(H2,21,25)(H,24,27). The first-order valence-electron chi connectivity index (χ1n) is 9.07. The van der Waals surface area contributed by atoms with Crippen molar-refractivity contribution in [3.05, 3.63) is 42.0 Å². The summed E-state index contributed by atoms with van der Waals surface area (Å²) in [5, 5.41) is 15.8. The number of nitrogens with two attached hydrogens (primary N) is 1. The molecule has 0 spiro atoms. The summed E-state index contributed by atoms with van der Waals surface area (Å²) >= 11 is 0. The molecule has 0 aliphatic heterocycles. The average Bonchev–Trinajstić information content (AvgIpc) is 3.30. The zero-order chi connectivity index (χ0) is 19.5. The largest absolute Gasteiger partial charge is 0.488 e. The summed E-state index contributed by atoms with van der Waals surface area (Å²) < 4.78 is 7.44. The van der Waals surface area contributed by atoms with Crippen molar-refractivity contribution >= 4 is 23.1 Å². The van der Waals surface area contributed by atoms with Crippen molar-refractivity contribution in [1.82, 2.24) is 19.6 Å². The summed E-state index contributed by atoms with van der Waals surface area (Å²) in [7, 11) is 0. The number of amides is 1. The number of nitrogens with zero attached hydrogens (tertiary/aromatic N) is 5. The maximum Gasteiger partial charge on any atom is 0.263 e. The van der Waals surface area contributed by atoms with E-state index in [1.54, 1.807) is 24.7 Å². The quantitative estimate of drug-likeness (QED) is 0.697. The molecule has 0 saturated heterocycles. The number of fused-ring (bicyclic) bond motifs is 1. The number of ether oxygens (including phenoxy) is 1. The Morgan fingerprint density at radius 2 is 2.21 bits per heavy atom. The summed E-state index contributed by atoms with van der Waals surface area (Å²) in [4.78, 5) is 21.2. The number of nitrogens with one attached hydrogen (secondary N) is 1. The molecule has 3 heterocycles. The van der Waals surface area contributed by atoms with Crippen LogP contribution >= 0.6 is 0 Å². The van der Waals surface area contributed by atoms with Crippen molar-refractivity contribution in [2.75, 3.05) is 11.1 Å². The van der Waals surface area contributed by atoms with E-state index >= 15 is 0 Å². The molecule has 0 aromatic carbocycles. The van der Waals surface area contributed by atoms with E-state index < -0.39 is 5.91 Å². The van der Waals surface area contributed by atoms with Gasteiger partial charge in [-0.15, -0.1) is 5.10 Å². The first kappa shape index (κ1) is 17.7. The molecule has 4 rings (SSSR count). The van der Waals surface area contributed by atoms with Crippen LogP contribution in [0.25, 0.3) is 5.65 Å². The van der Waals surface area contributed by atoms with Gasteiger partial charge in [0.25, 0.3) is 5.91 Å². The minimum atomic E-state index is -0.447. The highest BCUT2D eigenvalue weighted by molar-refractivity contribution is 6.11. The summed E-state index contributed by atoms with van der Waals surface area (Å²) in [6.45, 7) is 0. The second-order valence-corrected chi connectivity index (χ2v) is 6.68. The van der Waals surface area contributed by atoms with Gasteiger partial charge in [0.1, 0.15) is 17.0 Å². The first-order valence-corrected chi connectivity index (χ1v) is 9.07. The van der Waals surface area contributed by atoms with Gasteiger partial charge in [0, 0.05) is 30.2 Å². The molecule has 3 aromatic rings. The predicted molar refractivity (Wildman–Crippen MR) is 102 cm³/mol. The highest BCUT2D eigenvalue weighted by atomic mass is 16.5. The van der Waals surface area contributed by atoms with Gasteiger partial charge in [0.15, 0.2) is 11.5 Å². The molecule has 0 unspecified atom stereocenters. The lowest BCUT2D eigenvalue weighted by atomic mass is 10.2. The molecule has 1 aliphatic carbocycles. The van der Waals surface area contributed by atoms with E-state index in [9.17, 15) is 4.79 Å². The van der Waals surface area contributed by atoms with E-state index in [1.165, 1.54) is 10.7 Å². The number of nitriles is 1. The SMILES string of the molecule is N#CCc1cnc2c(C(=O)Nc3cnccc3OC3CCCC3)c(N)nn2c1. The van der Waals surface area contributed by atoms with Gasteiger partial charge in [-0.3, -0.25) is 9.78 Å². The van der Waals surface area contributed by atoms with E-state index in [0.717, 1.165) is 25.7 Å². The Kier molecular flexibility index (Phi) is 4.76. The molecule has 0 radical (unpaired) electrons. The molecule has 0 bridgehead atoms. The minimum absolute atomic E-state index is 0.0567. The Balaban J connectivity index is 1.61. The number of carbonyl (C=O) groups excluding carboxylic acids is 1. The highest BCUT2D eigenvalue weighted by Gasteiger charge is 2.22. The third-order valence-corrected chi connectivity index (χ3v) is 4.69. The Labute approximate surface area is 161 Å². The molecule has 1 amide bonds. The minimum Gasteiger partial charge on any atom is -0.488 e. The highest BCUT2D eigenvalue weighted by Crippen LogP contribution is 2.30. The number of aromatic nitrogens is 4. The first-order chi connectivity index (χ1) is 13.7. The second kappa shape index (κ2) is 7.52. The third-order valence-electron chi connectivity index (χ3n) is 4.69. The van der Waals surface area contributed by atoms with Crippen molar-refractivity contribution in [1.29, 1.82) is 5.26 Å². The van der Waals surface area contributed by atoms with E-state index in [1.807, 2.05) is 6.07 Å². The molecule has 3 N–H and O–H groups in total. The van der Waals surface area contributed by atoms with Crippen LogP contribution in [0.15, 0.2) is 30.9 Å². The van der Waals surface area contributed by atoms with Gasteiger partial charge < -0.3 is 15.8 Å². The number of rotatable bonds is 5. The molecular weight excluding hydrogens is 358 g/mol. The normalized spacial score (nSPS) is 14.1. The van der Waals surface area contributed by atoms with Crippen LogP contribution in [0.3, 0.4) is 0 Å². The lowest BCUT2D eigenvalue weighted by Gasteiger charge is -2.16. The summed E-state index contributed by atoms with van der Waals surface area (Å²) in [5.74, 6) is 0.188. The third kappa shape index (κ3) is 3.44. The fourth-order valence-corrected chi connectivity index (χ4v) is 3.34. The van der Waals surface area contributed by atoms with Crippen LogP contribution in [0.1, 0.15) is 41.6 Å². The average molecular weight is 377 g/mol. The van der Waals surface area contributed by atoms with Crippen molar-refractivity contribution in [3.8, 4) is 11.8 Å². The molecule has 0 atom stereocenters. The zero-order valence-corrected chi connectivity index (χ0v) is 15.1. The molecule has 1 aliphatic rings. The molecule has 28 heavy (non-hydrogen) atoms. The van der Waals surface area contributed by atoms with Gasteiger partial charge in [-0.1, -0.05) is 0 Å². The van der Waals surface area contributed by atoms with E-state index in [-0.39, 0.29) is 23.9 Å². The summed E-state index contributed by atoms with van der Waals surface area (Å²) in [6, 6.07) is 3.78. The van der Waals surface area contributed by atoms with Crippen molar-refractivity contribution in [2.24, 2.45) is 0 Å². The van der Waals surface area contributed by atoms with E-state index in [2.05, 4.69) is 20.4 Å². The summed E-state index contributed by atoms with van der Waals surface area (Å²) in [6.07, 6.45) is 11.0. The van der Waals surface area contributed by atoms with Crippen LogP contribution in [-0.4, -0.2) is 31.6 Å². The second-order valence-electron chi connectivity index (χ2n) is 6.68. The van der Waals surface area contributed by atoms with E-state index in [0.29, 0.717) is 22.6 Å². The predicted octanol–water partition coefficient (Wildman–Crippen LogP) is 2.35. The van der Waals surface area contributed by atoms with Crippen molar-refractivity contribution in [3.63, 3.8) is 0 Å². The van der Waals surface area contributed by atoms with Crippen LogP contribution in [0.2, 0.25) is 0 Å². The van der Waals surface area contributed by atoms with Crippen molar-refractivity contribution in [2.45, 2.75) is 38.2 Å². The Bertz CT molecular complexity index is 1060. The number of hydrogen-bond acceptors (Lipinski definition) is 7. The smallest absolute Gasteiger partial charge is 0.263 e. The maximum absolute atomic E-state index is 12.9. The topological polar surface area (TPSA) is 131 Å². The molecule has 3 aromatic heterocycles. The molecule has 1 saturated carbocycles. The van der Waals surface area contributed by atoms with Crippen LogP contribution in [0, 0.1) is 11.3 Å². The zero-order valence-electron chi connectivity index (χ0n) is 15.1. The van der Waals surface area contributed by atoms with Gasteiger partial charge in [-0.05, 0) is 25.7 Å². The molecule has 142 valence electrons. The van der Waals surface area contributed by atoms with Crippen LogP contribution < -0.4 is 15.8 Å². The Morgan fingerprint density at radius 1 is 1.39 bits per heavy atom. The fourth-order valence-electron chi connectivity index (χ4n) is 3.34. The lowest BCUT2D eigenvalue weighted by Crippen LogP contribution is -2.17. The number of hydrogen-bond donors (Lipinski definition) is 2. The molecule has 9 heteroatoms. The number of carbonyl (C=O) groups is 1. The molecular formula is C19H19N7O2. The maximum atomic E-state index is 12.9. The van der Waals surface area contributed by atoms with Gasteiger partial charge in [-0.2, -0.15) is 5.26 Å². The van der Waals surface area contributed by atoms with Gasteiger partial charge in [0.2, 0.25) is 0 Å². The number of anilines is 2. The Morgan fingerprint density at radius 3 is 3.00 bits per heavy atom. The van der Waals surface area contributed by atoms with Gasteiger partial charge >= 0.3 is 0 Å². The molecule has 9 nitrogen and oxygen atoms in total. The Hall–Kier alpha value is -3.67. The van der Waals surface area contributed by atoms with Gasteiger partial charge in [-0.25, -0.2) is 9.50 Å². The van der Waals surface area contributed by atoms with Crippen LogP contribution in [-0.2, 0) is 6.42 Å². The van der Waals surface area contributed by atoms with E-state index in [4.69, 9.17) is 15.7 Å². The number of pyridine rings is 1. The summed E-state index contributed by atoms with van der Waals surface area (Å²) in [5.41, 5.74) is 7.60. The lowest BCUT2D eigenvalue weighted by molar-refractivity contribution is 0.102. The fraction of sp³-hybridized carbons (Fsp3) is 0.316. The van der Waals surface area contributed by atoms with Crippen molar-refractivity contribution < 1.29 is 9.53 Å².